The molecule has 0 aromatic carbocycles. The highest BCUT2D eigenvalue weighted by atomic mass is 16.4. The number of imide groups is 1. The number of carbonyl (C=O) groups is 4. The highest BCUT2D eigenvalue weighted by Gasteiger charge is 2.17. The van der Waals surface area contributed by atoms with Gasteiger partial charge in [0, 0.05) is 19.2 Å². The van der Waals surface area contributed by atoms with E-state index in [-0.39, 0.29) is 17.6 Å². The summed E-state index contributed by atoms with van der Waals surface area (Å²) in [6, 6.07) is -0.431. The SMILES string of the molecule is CC(C)=O.CN1C(=O)C=CC1=O.CNC(C)C(=O)O. The van der Waals surface area contributed by atoms with Gasteiger partial charge in [-0.25, -0.2) is 0 Å². The van der Waals surface area contributed by atoms with E-state index in [9.17, 15) is 19.2 Å². The molecule has 7 nitrogen and oxygen atoms in total. The van der Waals surface area contributed by atoms with Crippen LogP contribution in [0, 0.1) is 0 Å². The highest BCUT2D eigenvalue weighted by Crippen LogP contribution is 1.97. The van der Waals surface area contributed by atoms with Crippen LogP contribution in [0.3, 0.4) is 0 Å². The zero-order chi connectivity index (χ0) is 15.6. The second-order valence-corrected chi connectivity index (χ2v) is 3.83. The Morgan fingerprint density at radius 3 is 1.58 bits per heavy atom. The number of hydrogen-bond acceptors (Lipinski definition) is 5. The van der Waals surface area contributed by atoms with E-state index in [0.717, 1.165) is 4.90 Å². The predicted octanol–water partition coefficient (Wildman–Crippen LogP) is -0.185. The van der Waals surface area contributed by atoms with Gasteiger partial charge in [-0.2, -0.15) is 0 Å². The lowest BCUT2D eigenvalue weighted by Crippen LogP contribution is -2.29. The number of carboxylic acid groups (broad SMARTS) is 1. The van der Waals surface area contributed by atoms with Gasteiger partial charge in [0.2, 0.25) is 0 Å². The van der Waals surface area contributed by atoms with Crippen molar-refractivity contribution >= 4 is 23.6 Å². The Labute approximate surface area is 112 Å². The number of nitrogens with zero attached hydrogens (tertiary/aromatic N) is 1. The third kappa shape index (κ3) is 10.8. The summed E-state index contributed by atoms with van der Waals surface area (Å²) in [4.78, 5) is 41.2. The summed E-state index contributed by atoms with van der Waals surface area (Å²) in [6.45, 7) is 4.64. The highest BCUT2D eigenvalue weighted by molar-refractivity contribution is 6.12. The van der Waals surface area contributed by atoms with Crippen molar-refractivity contribution in [1.82, 2.24) is 10.2 Å². The van der Waals surface area contributed by atoms with E-state index in [1.807, 2.05) is 0 Å². The molecule has 108 valence electrons. The molecule has 0 aromatic rings. The average molecular weight is 272 g/mol. The Hall–Kier alpha value is -2.02. The van der Waals surface area contributed by atoms with E-state index in [4.69, 9.17) is 5.11 Å². The number of ketones is 1. The van der Waals surface area contributed by atoms with Gasteiger partial charge in [0.05, 0.1) is 0 Å². The molecule has 2 amide bonds. The second-order valence-electron chi connectivity index (χ2n) is 3.83. The lowest BCUT2D eigenvalue weighted by Gasteiger charge is -2.01. The minimum atomic E-state index is -0.817. The van der Waals surface area contributed by atoms with Crippen molar-refractivity contribution in [3.63, 3.8) is 0 Å². The first kappa shape index (κ1) is 19.3. The minimum absolute atomic E-state index is 0.167. The first-order chi connectivity index (χ1) is 8.63. The summed E-state index contributed by atoms with van der Waals surface area (Å²) in [5.74, 6) is -1.13. The average Bonchev–Trinajstić information content (AvgIpc) is 2.59. The maximum Gasteiger partial charge on any atom is 0.320 e. The smallest absolute Gasteiger partial charge is 0.320 e. The summed E-state index contributed by atoms with van der Waals surface area (Å²) in [6.07, 6.45) is 2.50. The van der Waals surface area contributed by atoms with E-state index >= 15 is 0 Å². The third-order valence-corrected chi connectivity index (χ3v) is 1.83. The molecular weight excluding hydrogens is 252 g/mol. The van der Waals surface area contributed by atoms with Crippen LogP contribution in [-0.4, -0.2) is 53.7 Å². The fraction of sp³-hybridized carbons (Fsp3) is 0.500. The Balaban J connectivity index is 0. The molecule has 0 aromatic heterocycles. The van der Waals surface area contributed by atoms with Crippen molar-refractivity contribution in [2.45, 2.75) is 26.8 Å². The van der Waals surface area contributed by atoms with E-state index in [1.165, 1.54) is 33.0 Å². The second kappa shape index (κ2) is 9.95. The number of nitrogens with one attached hydrogen (secondary N) is 1. The predicted molar refractivity (Wildman–Crippen MR) is 69.4 cm³/mol. The van der Waals surface area contributed by atoms with Gasteiger partial charge >= 0.3 is 5.97 Å². The fourth-order valence-electron chi connectivity index (χ4n) is 0.598. The first-order valence-corrected chi connectivity index (χ1v) is 5.50. The summed E-state index contributed by atoms with van der Waals surface area (Å²) >= 11 is 0. The van der Waals surface area contributed by atoms with E-state index < -0.39 is 12.0 Å². The molecule has 1 atom stereocenters. The minimum Gasteiger partial charge on any atom is -0.480 e. The molecule has 19 heavy (non-hydrogen) atoms. The van der Waals surface area contributed by atoms with Crippen LogP contribution in [0.4, 0.5) is 0 Å². The molecule has 0 saturated heterocycles. The topological polar surface area (TPSA) is 104 Å². The van der Waals surface area contributed by atoms with E-state index in [2.05, 4.69) is 5.32 Å². The molecule has 0 aliphatic carbocycles. The molecule has 2 N–H and O–H groups in total. The molecule has 0 saturated carbocycles. The number of aliphatic carboxylic acids is 1. The van der Waals surface area contributed by atoms with Crippen LogP contribution in [-0.2, 0) is 19.2 Å². The number of carboxylic acids is 1. The number of Topliss-reactive ketones (excluding diaryl/α,β-unsaturated/α-hetero) is 1. The van der Waals surface area contributed by atoms with E-state index in [0.29, 0.717) is 0 Å². The zero-order valence-corrected chi connectivity index (χ0v) is 11.8. The largest absolute Gasteiger partial charge is 0.480 e. The summed E-state index contributed by atoms with van der Waals surface area (Å²) in [7, 11) is 3.06. The Kier molecular flexibility index (Phi) is 10.1. The fourth-order valence-corrected chi connectivity index (χ4v) is 0.598. The van der Waals surface area contributed by atoms with Crippen LogP contribution in [0.1, 0.15) is 20.8 Å². The van der Waals surface area contributed by atoms with Gasteiger partial charge in [-0.3, -0.25) is 19.3 Å². The molecule has 0 radical (unpaired) electrons. The first-order valence-electron chi connectivity index (χ1n) is 5.50. The standard InChI is InChI=1S/C5H5NO2.C4H9NO2.C3H6O/c1-6-4(7)2-3-5(6)8;1-3(5-2)4(6)7;1-3(2)4/h2-3H,1H3;3,5H,1-2H3,(H,6,7);1-2H3. The van der Waals surface area contributed by atoms with Crippen molar-refractivity contribution in [3.05, 3.63) is 12.2 Å². The maximum atomic E-state index is 10.4. The molecule has 1 heterocycles. The van der Waals surface area contributed by atoms with Crippen molar-refractivity contribution in [1.29, 1.82) is 0 Å². The lowest BCUT2D eigenvalue weighted by molar-refractivity contribution is -0.139. The Bertz CT molecular complexity index is 354. The molecular formula is C12H20N2O5. The molecule has 7 heteroatoms. The summed E-state index contributed by atoms with van der Waals surface area (Å²) in [5.41, 5.74) is 0. The van der Waals surface area contributed by atoms with Crippen LogP contribution < -0.4 is 5.32 Å². The number of rotatable bonds is 2. The van der Waals surface area contributed by atoms with Gasteiger partial charge in [-0.15, -0.1) is 0 Å². The van der Waals surface area contributed by atoms with Gasteiger partial charge in [0.25, 0.3) is 11.8 Å². The number of hydrogen-bond donors (Lipinski definition) is 2. The maximum absolute atomic E-state index is 10.4. The van der Waals surface area contributed by atoms with Gasteiger partial charge in [-0.05, 0) is 27.8 Å². The van der Waals surface area contributed by atoms with Gasteiger partial charge in [-0.1, -0.05) is 0 Å². The molecule has 0 spiro atoms. The van der Waals surface area contributed by atoms with Crippen LogP contribution in [0.5, 0.6) is 0 Å². The molecule has 0 bridgehead atoms. The van der Waals surface area contributed by atoms with Crippen LogP contribution >= 0.6 is 0 Å². The number of likely N-dealkylation sites (N-methyl/N-ethyl adjacent to an activating group) is 2. The lowest BCUT2D eigenvalue weighted by atomic mass is 10.4. The Morgan fingerprint density at radius 2 is 1.53 bits per heavy atom. The molecule has 0 fully saturated rings. The number of amides is 2. The van der Waals surface area contributed by atoms with Crippen molar-refractivity contribution in [3.8, 4) is 0 Å². The van der Waals surface area contributed by atoms with Crippen LogP contribution in [0.2, 0.25) is 0 Å². The molecule has 1 aliphatic rings. The summed E-state index contributed by atoms with van der Waals surface area (Å²) in [5, 5.41) is 10.7. The third-order valence-electron chi connectivity index (χ3n) is 1.83. The number of carbonyl (C=O) groups excluding carboxylic acids is 3. The van der Waals surface area contributed by atoms with E-state index in [1.54, 1.807) is 14.0 Å². The van der Waals surface area contributed by atoms with Crippen molar-refractivity contribution < 1.29 is 24.3 Å². The van der Waals surface area contributed by atoms with Crippen LogP contribution in [0.15, 0.2) is 12.2 Å². The monoisotopic (exact) mass is 272 g/mol. The molecule has 1 rings (SSSR count). The summed E-state index contributed by atoms with van der Waals surface area (Å²) < 4.78 is 0. The van der Waals surface area contributed by atoms with Gasteiger partial charge < -0.3 is 15.2 Å². The normalized spacial score (nSPS) is 14.1. The van der Waals surface area contributed by atoms with Crippen LogP contribution in [0.25, 0.3) is 0 Å². The quantitative estimate of drug-likeness (QED) is 0.676. The zero-order valence-electron chi connectivity index (χ0n) is 11.8. The Morgan fingerprint density at radius 1 is 1.21 bits per heavy atom. The van der Waals surface area contributed by atoms with Crippen molar-refractivity contribution in [2.75, 3.05) is 14.1 Å². The van der Waals surface area contributed by atoms with Gasteiger partial charge in [0.15, 0.2) is 0 Å². The molecule has 1 aliphatic heterocycles. The van der Waals surface area contributed by atoms with Crippen molar-refractivity contribution in [2.24, 2.45) is 0 Å². The van der Waals surface area contributed by atoms with Gasteiger partial charge in [0.1, 0.15) is 11.8 Å². The molecule has 1 unspecified atom stereocenters.